The van der Waals surface area contributed by atoms with Crippen molar-refractivity contribution in [2.24, 2.45) is 17.3 Å². The first kappa shape index (κ1) is 15.3. The summed E-state index contributed by atoms with van der Waals surface area (Å²) in [6, 6.07) is 0.539. The maximum atomic E-state index is 5.57. The lowest BCUT2D eigenvalue weighted by molar-refractivity contribution is 0.179. The third-order valence-electron chi connectivity index (χ3n) is 4.98. The smallest absolute Gasteiger partial charge is 0.0623 e. The molecule has 1 heterocycles. The molecular weight excluding hydrogens is 236 g/mol. The lowest BCUT2D eigenvalue weighted by Gasteiger charge is -2.32. The molecule has 0 aromatic rings. The van der Waals surface area contributed by atoms with Crippen LogP contribution < -0.4 is 10.6 Å². The molecule has 0 bridgehead atoms. The van der Waals surface area contributed by atoms with Crippen LogP contribution in [0.5, 0.6) is 0 Å². The first-order chi connectivity index (χ1) is 9.15. The molecule has 2 aliphatic rings. The van der Waals surface area contributed by atoms with E-state index in [1.165, 1.54) is 38.6 Å². The van der Waals surface area contributed by atoms with E-state index in [0.29, 0.717) is 17.4 Å². The Hall–Kier alpha value is -0.120. The highest BCUT2D eigenvalue weighted by Crippen LogP contribution is 2.42. The van der Waals surface area contributed by atoms with Crippen molar-refractivity contribution in [3.63, 3.8) is 0 Å². The Morgan fingerprint density at radius 2 is 1.95 bits per heavy atom. The molecule has 0 radical (unpaired) electrons. The van der Waals surface area contributed by atoms with E-state index in [9.17, 15) is 0 Å². The van der Waals surface area contributed by atoms with Gasteiger partial charge in [-0.25, -0.2) is 0 Å². The lowest BCUT2D eigenvalue weighted by atomic mass is 9.78. The molecule has 3 nitrogen and oxygen atoms in total. The van der Waals surface area contributed by atoms with Gasteiger partial charge in [-0.3, -0.25) is 0 Å². The number of likely N-dealkylation sites (N-methyl/N-ethyl adjacent to an activating group) is 1. The summed E-state index contributed by atoms with van der Waals surface area (Å²) in [6.07, 6.45) is 7.10. The second-order valence-electron chi connectivity index (χ2n) is 7.13. The minimum absolute atomic E-state index is 0.539. The Morgan fingerprint density at radius 3 is 2.58 bits per heavy atom. The van der Waals surface area contributed by atoms with Crippen LogP contribution in [0, 0.1) is 17.3 Å². The van der Waals surface area contributed by atoms with Crippen molar-refractivity contribution in [2.75, 3.05) is 33.4 Å². The predicted octanol–water partition coefficient (Wildman–Crippen LogP) is 2.42. The van der Waals surface area contributed by atoms with Gasteiger partial charge in [0.05, 0.1) is 13.2 Å². The summed E-state index contributed by atoms with van der Waals surface area (Å²) in [5.74, 6) is 1.46. The SMILES string of the molecule is CNC1COCC1CNCC1(CC(C)C)CCCC1. The van der Waals surface area contributed by atoms with Gasteiger partial charge in [0.1, 0.15) is 0 Å². The van der Waals surface area contributed by atoms with Crippen molar-refractivity contribution in [3.05, 3.63) is 0 Å². The first-order valence-corrected chi connectivity index (χ1v) is 8.11. The molecule has 2 rings (SSSR count). The van der Waals surface area contributed by atoms with Gasteiger partial charge < -0.3 is 15.4 Å². The molecule has 1 aliphatic heterocycles. The molecule has 2 fully saturated rings. The highest BCUT2D eigenvalue weighted by Gasteiger charge is 2.34. The van der Waals surface area contributed by atoms with E-state index in [4.69, 9.17) is 4.74 Å². The van der Waals surface area contributed by atoms with Gasteiger partial charge in [0, 0.05) is 25.0 Å². The minimum Gasteiger partial charge on any atom is -0.379 e. The second kappa shape index (κ2) is 7.05. The number of hydrogen-bond donors (Lipinski definition) is 2. The molecule has 19 heavy (non-hydrogen) atoms. The van der Waals surface area contributed by atoms with Gasteiger partial charge in [-0.05, 0) is 37.6 Å². The topological polar surface area (TPSA) is 33.3 Å². The molecule has 112 valence electrons. The van der Waals surface area contributed by atoms with E-state index >= 15 is 0 Å². The Bertz CT molecular complexity index is 261. The Morgan fingerprint density at radius 1 is 1.21 bits per heavy atom. The molecule has 1 saturated carbocycles. The molecule has 2 unspecified atom stereocenters. The van der Waals surface area contributed by atoms with E-state index in [-0.39, 0.29) is 0 Å². The largest absolute Gasteiger partial charge is 0.379 e. The van der Waals surface area contributed by atoms with E-state index in [1.807, 2.05) is 7.05 Å². The summed E-state index contributed by atoms with van der Waals surface area (Å²) in [7, 11) is 2.05. The summed E-state index contributed by atoms with van der Waals surface area (Å²) < 4.78 is 5.57. The average molecular weight is 268 g/mol. The normalized spacial score (nSPS) is 30.3. The highest BCUT2D eigenvalue weighted by atomic mass is 16.5. The van der Waals surface area contributed by atoms with Crippen LogP contribution in [0.2, 0.25) is 0 Å². The zero-order chi connectivity index (χ0) is 13.7. The van der Waals surface area contributed by atoms with Crippen LogP contribution in [0.15, 0.2) is 0 Å². The third-order valence-corrected chi connectivity index (χ3v) is 4.98. The Balaban J connectivity index is 1.76. The number of nitrogens with one attached hydrogen (secondary N) is 2. The monoisotopic (exact) mass is 268 g/mol. The zero-order valence-electron chi connectivity index (χ0n) is 13.0. The molecule has 0 aromatic heterocycles. The molecule has 0 aromatic carbocycles. The first-order valence-electron chi connectivity index (χ1n) is 8.11. The predicted molar refractivity (Wildman–Crippen MR) is 80.4 cm³/mol. The van der Waals surface area contributed by atoms with Crippen LogP contribution in [0.1, 0.15) is 46.0 Å². The quantitative estimate of drug-likeness (QED) is 0.744. The molecule has 0 amide bonds. The van der Waals surface area contributed by atoms with Crippen LogP contribution in [-0.4, -0.2) is 39.4 Å². The molecular formula is C16H32N2O. The summed E-state index contributed by atoms with van der Waals surface area (Å²) in [5, 5.41) is 7.13. The average Bonchev–Trinajstić information content (AvgIpc) is 2.98. The molecule has 0 spiro atoms. The fourth-order valence-corrected chi connectivity index (χ4v) is 4.09. The third kappa shape index (κ3) is 4.17. The van der Waals surface area contributed by atoms with Crippen molar-refractivity contribution in [3.8, 4) is 0 Å². The lowest BCUT2D eigenvalue weighted by Crippen LogP contribution is -2.41. The summed E-state index contributed by atoms with van der Waals surface area (Å²) in [5.41, 5.74) is 0.586. The van der Waals surface area contributed by atoms with Crippen LogP contribution in [-0.2, 0) is 4.74 Å². The molecule has 2 N–H and O–H groups in total. The van der Waals surface area contributed by atoms with Gasteiger partial charge in [0.25, 0.3) is 0 Å². The summed E-state index contributed by atoms with van der Waals surface area (Å²) in [6.45, 7) is 8.82. The molecule has 2 atom stereocenters. The highest BCUT2D eigenvalue weighted by molar-refractivity contribution is 4.89. The maximum absolute atomic E-state index is 5.57. The second-order valence-corrected chi connectivity index (χ2v) is 7.13. The van der Waals surface area contributed by atoms with Crippen molar-refractivity contribution in [1.29, 1.82) is 0 Å². The fraction of sp³-hybridized carbons (Fsp3) is 1.00. The van der Waals surface area contributed by atoms with Crippen molar-refractivity contribution in [1.82, 2.24) is 10.6 Å². The van der Waals surface area contributed by atoms with E-state index < -0.39 is 0 Å². The van der Waals surface area contributed by atoms with Crippen LogP contribution in [0.3, 0.4) is 0 Å². The maximum Gasteiger partial charge on any atom is 0.0623 e. The number of ether oxygens (including phenoxy) is 1. The molecule has 1 saturated heterocycles. The number of rotatable bonds is 7. The van der Waals surface area contributed by atoms with E-state index in [0.717, 1.165) is 25.7 Å². The minimum atomic E-state index is 0.539. The van der Waals surface area contributed by atoms with E-state index in [1.54, 1.807) is 0 Å². The van der Waals surface area contributed by atoms with Gasteiger partial charge in [-0.15, -0.1) is 0 Å². The van der Waals surface area contributed by atoms with Gasteiger partial charge in [-0.2, -0.15) is 0 Å². The van der Waals surface area contributed by atoms with Gasteiger partial charge in [-0.1, -0.05) is 26.7 Å². The van der Waals surface area contributed by atoms with Crippen molar-refractivity contribution < 1.29 is 4.74 Å². The fourth-order valence-electron chi connectivity index (χ4n) is 4.09. The van der Waals surface area contributed by atoms with Crippen LogP contribution in [0.25, 0.3) is 0 Å². The van der Waals surface area contributed by atoms with Crippen molar-refractivity contribution in [2.45, 2.75) is 52.0 Å². The Kier molecular flexibility index (Phi) is 5.67. The number of hydrogen-bond acceptors (Lipinski definition) is 3. The van der Waals surface area contributed by atoms with Gasteiger partial charge in [0.15, 0.2) is 0 Å². The van der Waals surface area contributed by atoms with Gasteiger partial charge in [0.2, 0.25) is 0 Å². The van der Waals surface area contributed by atoms with Crippen molar-refractivity contribution >= 4 is 0 Å². The summed E-state index contributed by atoms with van der Waals surface area (Å²) in [4.78, 5) is 0. The molecule has 3 heteroatoms. The van der Waals surface area contributed by atoms with E-state index in [2.05, 4.69) is 24.5 Å². The summed E-state index contributed by atoms with van der Waals surface area (Å²) >= 11 is 0. The Labute approximate surface area is 118 Å². The zero-order valence-corrected chi connectivity index (χ0v) is 13.0. The van der Waals surface area contributed by atoms with Crippen LogP contribution >= 0.6 is 0 Å². The standard InChI is InChI=1S/C16H32N2O/c1-13(2)8-16(6-4-5-7-16)12-18-9-14-10-19-11-15(14)17-3/h13-15,17-18H,4-12H2,1-3H3. The molecule has 1 aliphatic carbocycles. The van der Waals surface area contributed by atoms with Gasteiger partial charge >= 0.3 is 0 Å². The van der Waals surface area contributed by atoms with Crippen LogP contribution in [0.4, 0.5) is 0 Å².